The largest absolute Gasteiger partial charge is 0.303 e. The van der Waals surface area contributed by atoms with Crippen LogP contribution in [0.15, 0.2) is 39.7 Å². The van der Waals surface area contributed by atoms with Crippen molar-refractivity contribution in [1.82, 2.24) is 9.55 Å². The lowest BCUT2D eigenvalue weighted by molar-refractivity contribution is 0.883. The Morgan fingerprint density at radius 1 is 1.19 bits per heavy atom. The minimum absolute atomic E-state index is 0.0289. The van der Waals surface area contributed by atoms with E-state index in [1.165, 1.54) is 0 Å². The van der Waals surface area contributed by atoms with Gasteiger partial charge in [0, 0.05) is 23.5 Å². The van der Waals surface area contributed by atoms with Crippen LogP contribution in [0.3, 0.4) is 0 Å². The van der Waals surface area contributed by atoms with Crippen molar-refractivity contribution >= 4 is 15.9 Å². The number of aryl methyl sites for hydroxylation is 2. The summed E-state index contributed by atoms with van der Waals surface area (Å²) in [7, 11) is 0. The molecule has 0 fully saturated rings. The van der Waals surface area contributed by atoms with E-state index in [4.69, 9.17) is 0 Å². The third-order valence-corrected chi connectivity index (χ3v) is 2.78. The lowest BCUT2D eigenvalue weighted by Crippen LogP contribution is -2.12. The lowest BCUT2D eigenvalue weighted by atomic mass is 10.3. The second kappa shape index (κ2) is 4.22. The first-order chi connectivity index (χ1) is 7.58. The molecule has 0 N–H and O–H groups in total. The van der Waals surface area contributed by atoms with Crippen molar-refractivity contribution < 1.29 is 0 Å². The Bertz CT molecular complexity index is 564. The highest BCUT2D eigenvalue weighted by atomic mass is 79.9. The molecule has 2 heterocycles. The van der Waals surface area contributed by atoms with Gasteiger partial charge in [-0.3, -0.25) is 4.79 Å². The van der Waals surface area contributed by atoms with Gasteiger partial charge in [-0.2, -0.15) is 0 Å². The number of halogens is 1. The second-order valence-corrected chi connectivity index (χ2v) is 4.44. The molecule has 0 aliphatic heterocycles. The molecule has 0 unspecified atom stereocenters. The number of pyridine rings is 2. The average Bonchev–Trinajstić information content (AvgIpc) is 2.15. The molecule has 2 aromatic rings. The van der Waals surface area contributed by atoms with Gasteiger partial charge >= 0.3 is 0 Å². The van der Waals surface area contributed by atoms with Gasteiger partial charge in [0.1, 0.15) is 10.4 Å². The van der Waals surface area contributed by atoms with Crippen LogP contribution in [-0.2, 0) is 0 Å². The maximum Gasteiger partial charge on any atom is 0.182 e. The molecular formula is C12H11BrN2O. The first-order valence-corrected chi connectivity index (χ1v) is 5.70. The Hall–Kier alpha value is -1.42. The predicted octanol–water partition coefficient (Wildman–Crippen LogP) is 2.61. The van der Waals surface area contributed by atoms with Crippen molar-refractivity contribution in [3.8, 4) is 5.82 Å². The number of hydrogen-bond acceptors (Lipinski definition) is 2. The van der Waals surface area contributed by atoms with Gasteiger partial charge in [-0.15, -0.1) is 0 Å². The zero-order valence-electron chi connectivity index (χ0n) is 9.07. The highest BCUT2D eigenvalue weighted by Crippen LogP contribution is 2.13. The van der Waals surface area contributed by atoms with Gasteiger partial charge in [-0.05, 0) is 41.9 Å². The van der Waals surface area contributed by atoms with Crippen molar-refractivity contribution in [2.75, 3.05) is 0 Å². The second-order valence-electron chi connectivity index (χ2n) is 3.63. The molecule has 82 valence electrons. The fraction of sp³-hybridized carbons (Fsp3) is 0.167. The molecule has 0 bridgehead atoms. The maximum absolute atomic E-state index is 11.3. The monoisotopic (exact) mass is 278 g/mol. The minimum atomic E-state index is 0.0289. The summed E-state index contributed by atoms with van der Waals surface area (Å²) in [5, 5.41) is 0. The molecule has 0 saturated carbocycles. The van der Waals surface area contributed by atoms with E-state index >= 15 is 0 Å². The van der Waals surface area contributed by atoms with E-state index in [1.807, 2.05) is 36.6 Å². The smallest absolute Gasteiger partial charge is 0.182 e. The van der Waals surface area contributed by atoms with E-state index in [-0.39, 0.29) is 5.43 Å². The maximum atomic E-state index is 11.3. The Balaban J connectivity index is 2.69. The zero-order valence-corrected chi connectivity index (χ0v) is 10.7. The van der Waals surface area contributed by atoms with Gasteiger partial charge in [-0.25, -0.2) is 4.98 Å². The predicted molar refractivity (Wildman–Crippen MR) is 67.0 cm³/mol. The van der Waals surface area contributed by atoms with Crippen LogP contribution in [0.4, 0.5) is 0 Å². The molecule has 16 heavy (non-hydrogen) atoms. The Kier molecular flexibility index (Phi) is 2.92. The normalized spacial score (nSPS) is 10.4. The summed E-state index contributed by atoms with van der Waals surface area (Å²) in [6.07, 6.45) is 0. The number of aromatic nitrogens is 2. The van der Waals surface area contributed by atoms with Gasteiger partial charge in [-0.1, -0.05) is 6.07 Å². The summed E-state index contributed by atoms with van der Waals surface area (Å²) in [4.78, 5) is 15.7. The molecule has 0 spiro atoms. The van der Waals surface area contributed by atoms with Gasteiger partial charge in [0.2, 0.25) is 0 Å². The molecule has 3 nitrogen and oxygen atoms in total. The van der Waals surface area contributed by atoms with Gasteiger partial charge < -0.3 is 4.57 Å². The van der Waals surface area contributed by atoms with Crippen molar-refractivity contribution in [3.63, 3.8) is 0 Å². The first-order valence-electron chi connectivity index (χ1n) is 4.91. The third kappa shape index (κ3) is 2.07. The van der Waals surface area contributed by atoms with E-state index in [0.29, 0.717) is 0 Å². The van der Waals surface area contributed by atoms with Crippen LogP contribution in [0.25, 0.3) is 5.82 Å². The molecule has 0 atom stereocenters. The number of nitrogens with zero attached hydrogens (tertiary/aromatic N) is 2. The molecule has 0 aromatic carbocycles. The van der Waals surface area contributed by atoms with E-state index in [2.05, 4.69) is 20.9 Å². The van der Waals surface area contributed by atoms with E-state index in [0.717, 1.165) is 21.8 Å². The van der Waals surface area contributed by atoms with Crippen molar-refractivity contribution in [2.24, 2.45) is 0 Å². The summed E-state index contributed by atoms with van der Waals surface area (Å²) >= 11 is 3.34. The molecule has 4 heteroatoms. The molecular weight excluding hydrogens is 268 g/mol. The third-order valence-electron chi connectivity index (χ3n) is 2.34. The lowest BCUT2D eigenvalue weighted by Gasteiger charge is -2.13. The highest BCUT2D eigenvalue weighted by molar-refractivity contribution is 9.10. The summed E-state index contributed by atoms with van der Waals surface area (Å²) in [5.74, 6) is 0.810. The van der Waals surface area contributed by atoms with Crippen LogP contribution in [0, 0.1) is 13.8 Å². The van der Waals surface area contributed by atoms with E-state index in [1.54, 1.807) is 12.1 Å². The van der Waals surface area contributed by atoms with E-state index in [9.17, 15) is 4.79 Å². The van der Waals surface area contributed by atoms with Crippen LogP contribution in [0.1, 0.15) is 11.4 Å². The molecule has 0 radical (unpaired) electrons. The van der Waals surface area contributed by atoms with Gasteiger partial charge in [0.05, 0.1) is 0 Å². The van der Waals surface area contributed by atoms with Crippen LogP contribution in [0.2, 0.25) is 0 Å². The SMILES string of the molecule is Cc1cc(=O)cc(C)n1-c1cccc(Br)n1. The number of rotatable bonds is 1. The Morgan fingerprint density at radius 2 is 1.81 bits per heavy atom. The average molecular weight is 279 g/mol. The molecule has 0 saturated heterocycles. The van der Waals surface area contributed by atoms with Crippen molar-refractivity contribution in [3.05, 3.63) is 56.5 Å². The van der Waals surface area contributed by atoms with Crippen LogP contribution < -0.4 is 5.43 Å². The number of hydrogen-bond donors (Lipinski definition) is 0. The summed E-state index contributed by atoms with van der Waals surface area (Å²) < 4.78 is 2.73. The van der Waals surface area contributed by atoms with Gasteiger partial charge in [0.25, 0.3) is 0 Å². The summed E-state index contributed by atoms with van der Waals surface area (Å²) in [6.45, 7) is 3.80. The summed E-state index contributed by atoms with van der Waals surface area (Å²) in [5.41, 5.74) is 1.80. The minimum Gasteiger partial charge on any atom is -0.303 e. The first kappa shape index (κ1) is 11.1. The topological polar surface area (TPSA) is 34.9 Å². The quantitative estimate of drug-likeness (QED) is 0.752. The van der Waals surface area contributed by atoms with E-state index < -0.39 is 0 Å². The molecule has 0 aliphatic rings. The standard InChI is InChI=1S/C12H11BrN2O/c1-8-6-10(16)7-9(2)15(8)12-5-3-4-11(13)14-12/h3-7H,1-2H3. The molecule has 0 amide bonds. The Labute approximate surface area is 102 Å². The highest BCUT2D eigenvalue weighted by Gasteiger charge is 2.05. The molecule has 2 aromatic heterocycles. The fourth-order valence-corrected chi connectivity index (χ4v) is 2.08. The van der Waals surface area contributed by atoms with Crippen LogP contribution in [0.5, 0.6) is 0 Å². The molecule has 2 rings (SSSR count). The van der Waals surface area contributed by atoms with Gasteiger partial charge in [0.15, 0.2) is 5.43 Å². The summed E-state index contributed by atoms with van der Waals surface area (Å²) in [6, 6.07) is 8.92. The van der Waals surface area contributed by atoms with Crippen LogP contribution in [-0.4, -0.2) is 9.55 Å². The zero-order chi connectivity index (χ0) is 11.7. The van der Waals surface area contributed by atoms with Crippen molar-refractivity contribution in [2.45, 2.75) is 13.8 Å². The fourth-order valence-electron chi connectivity index (χ4n) is 1.74. The van der Waals surface area contributed by atoms with Crippen LogP contribution >= 0.6 is 15.9 Å². The Morgan fingerprint density at radius 3 is 2.38 bits per heavy atom. The molecule has 0 aliphatic carbocycles. The van der Waals surface area contributed by atoms with Crippen molar-refractivity contribution in [1.29, 1.82) is 0 Å².